The maximum Gasteiger partial charge on any atom is 0.317 e. The van der Waals surface area contributed by atoms with Gasteiger partial charge in [0.25, 0.3) is 0 Å². The Kier molecular flexibility index (Phi) is 3.00. The van der Waals surface area contributed by atoms with Gasteiger partial charge in [0.15, 0.2) is 0 Å². The van der Waals surface area contributed by atoms with Crippen molar-refractivity contribution in [2.45, 2.75) is 23.1 Å². The zero-order chi connectivity index (χ0) is 12.7. The van der Waals surface area contributed by atoms with Crippen LogP contribution in [0.3, 0.4) is 0 Å². The minimum absolute atomic E-state index is 0.229. The van der Waals surface area contributed by atoms with Gasteiger partial charge in [-0.3, -0.25) is 4.79 Å². The lowest BCUT2D eigenvalue weighted by molar-refractivity contribution is -0.140. The number of carboxylic acids is 1. The summed E-state index contributed by atoms with van der Waals surface area (Å²) in [6.07, 6.45) is 0.229. The molecule has 1 atom stereocenters. The molecule has 1 aliphatic carbocycles. The SMILES string of the molecule is CCOc1ccc([C@@]2(C(=O)O)CC2(Cl)Cl)cc1. The normalized spacial score (nSPS) is 25.4. The third-order valence-electron chi connectivity index (χ3n) is 3.01. The van der Waals surface area contributed by atoms with Gasteiger partial charge < -0.3 is 9.84 Å². The molecule has 0 aliphatic heterocycles. The van der Waals surface area contributed by atoms with E-state index in [2.05, 4.69) is 0 Å². The van der Waals surface area contributed by atoms with Crippen LogP contribution in [0.25, 0.3) is 0 Å². The third-order valence-corrected chi connectivity index (χ3v) is 3.92. The Hall–Kier alpha value is -0.930. The highest BCUT2D eigenvalue weighted by Gasteiger charge is 2.72. The molecule has 0 unspecified atom stereocenters. The van der Waals surface area contributed by atoms with Gasteiger partial charge in [0.05, 0.1) is 6.61 Å². The molecule has 0 amide bonds. The van der Waals surface area contributed by atoms with Gasteiger partial charge in [-0.25, -0.2) is 0 Å². The fraction of sp³-hybridized carbons (Fsp3) is 0.417. The molecule has 0 heterocycles. The van der Waals surface area contributed by atoms with E-state index >= 15 is 0 Å². The Morgan fingerprint density at radius 2 is 1.94 bits per heavy atom. The molecule has 1 aliphatic rings. The van der Waals surface area contributed by atoms with Gasteiger partial charge in [0, 0.05) is 6.42 Å². The molecule has 1 aromatic rings. The zero-order valence-electron chi connectivity index (χ0n) is 9.24. The van der Waals surface area contributed by atoms with Crippen LogP contribution in [0.4, 0.5) is 0 Å². The summed E-state index contributed by atoms with van der Waals surface area (Å²) in [5.74, 6) is -0.293. The number of alkyl halides is 2. The molecule has 1 fully saturated rings. The van der Waals surface area contributed by atoms with Crippen molar-refractivity contribution in [1.29, 1.82) is 0 Å². The quantitative estimate of drug-likeness (QED) is 0.859. The molecular formula is C12H12Cl2O3. The van der Waals surface area contributed by atoms with Crippen molar-refractivity contribution in [2.75, 3.05) is 6.61 Å². The van der Waals surface area contributed by atoms with E-state index in [9.17, 15) is 9.90 Å². The predicted molar refractivity (Wildman–Crippen MR) is 66.0 cm³/mol. The molecule has 5 heteroatoms. The van der Waals surface area contributed by atoms with Gasteiger partial charge in [-0.15, -0.1) is 0 Å². The van der Waals surface area contributed by atoms with Crippen LogP contribution in [0.5, 0.6) is 5.75 Å². The summed E-state index contributed by atoms with van der Waals surface area (Å²) in [7, 11) is 0. The number of ether oxygens (including phenoxy) is 1. The van der Waals surface area contributed by atoms with Crippen LogP contribution in [0, 0.1) is 0 Å². The minimum Gasteiger partial charge on any atom is -0.494 e. The van der Waals surface area contributed by atoms with Gasteiger partial charge in [0.1, 0.15) is 15.5 Å². The molecule has 0 aromatic heterocycles. The number of benzene rings is 1. The number of aliphatic carboxylic acids is 1. The first-order valence-electron chi connectivity index (χ1n) is 5.28. The second-order valence-corrected chi connectivity index (χ2v) is 5.53. The maximum atomic E-state index is 11.3. The lowest BCUT2D eigenvalue weighted by Gasteiger charge is -2.14. The first-order chi connectivity index (χ1) is 7.94. The summed E-state index contributed by atoms with van der Waals surface area (Å²) in [5, 5.41) is 9.27. The zero-order valence-corrected chi connectivity index (χ0v) is 10.8. The van der Waals surface area contributed by atoms with Crippen molar-refractivity contribution < 1.29 is 14.6 Å². The van der Waals surface area contributed by atoms with Crippen molar-refractivity contribution >= 4 is 29.2 Å². The van der Waals surface area contributed by atoms with Crippen LogP contribution in [0.2, 0.25) is 0 Å². The molecule has 0 saturated heterocycles. The average molecular weight is 275 g/mol. The Balaban J connectivity index is 2.31. The van der Waals surface area contributed by atoms with Crippen LogP contribution in [0.15, 0.2) is 24.3 Å². The van der Waals surface area contributed by atoms with Crippen LogP contribution in [0.1, 0.15) is 18.9 Å². The Labute approximate surface area is 109 Å². The summed E-state index contributed by atoms with van der Waals surface area (Å²) in [6, 6.07) is 6.86. The second-order valence-electron chi connectivity index (χ2n) is 4.05. The highest BCUT2D eigenvalue weighted by atomic mass is 35.5. The molecule has 2 rings (SSSR count). The molecule has 3 nitrogen and oxygen atoms in total. The predicted octanol–water partition coefficient (Wildman–Crippen LogP) is 2.99. The summed E-state index contributed by atoms with van der Waals surface area (Å²) >= 11 is 11.9. The smallest absolute Gasteiger partial charge is 0.317 e. The molecule has 0 radical (unpaired) electrons. The van der Waals surface area contributed by atoms with Crippen molar-refractivity contribution in [1.82, 2.24) is 0 Å². The lowest BCUT2D eigenvalue weighted by Crippen LogP contribution is -2.26. The number of carboxylic acid groups (broad SMARTS) is 1. The van der Waals surface area contributed by atoms with Crippen molar-refractivity contribution in [3.8, 4) is 5.75 Å². The van der Waals surface area contributed by atoms with Gasteiger partial charge >= 0.3 is 5.97 Å². The van der Waals surface area contributed by atoms with E-state index < -0.39 is 15.7 Å². The third kappa shape index (κ3) is 1.87. The molecule has 17 heavy (non-hydrogen) atoms. The minimum atomic E-state index is -1.22. The largest absolute Gasteiger partial charge is 0.494 e. The van der Waals surface area contributed by atoms with Crippen LogP contribution in [-0.2, 0) is 10.2 Å². The van der Waals surface area contributed by atoms with Crippen molar-refractivity contribution in [3.05, 3.63) is 29.8 Å². The molecule has 1 aromatic carbocycles. The summed E-state index contributed by atoms with van der Waals surface area (Å²) in [4.78, 5) is 11.3. The Morgan fingerprint density at radius 3 is 2.29 bits per heavy atom. The van der Waals surface area contributed by atoms with Crippen LogP contribution in [-0.4, -0.2) is 22.0 Å². The molecular weight excluding hydrogens is 263 g/mol. The molecule has 1 saturated carbocycles. The van der Waals surface area contributed by atoms with Crippen molar-refractivity contribution in [2.24, 2.45) is 0 Å². The summed E-state index contributed by atoms with van der Waals surface area (Å²) in [5.41, 5.74) is -0.570. The maximum absolute atomic E-state index is 11.3. The summed E-state index contributed by atoms with van der Waals surface area (Å²) < 4.78 is 4.08. The van der Waals surface area contributed by atoms with Crippen LogP contribution >= 0.6 is 23.2 Å². The van der Waals surface area contributed by atoms with Crippen LogP contribution < -0.4 is 4.74 Å². The topological polar surface area (TPSA) is 46.5 Å². The molecule has 0 bridgehead atoms. The summed E-state index contributed by atoms with van der Waals surface area (Å²) in [6.45, 7) is 2.45. The van der Waals surface area contributed by atoms with E-state index in [1.807, 2.05) is 6.92 Å². The van der Waals surface area contributed by atoms with Gasteiger partial charge in [-0.2, -0.15) is 0 Å². The van der Waals surface area contributed by atoms with Crippen molar-refractivity contribution in [3.63, 3.8) is 0 Å². The van der Waals surface area contributed by atoms with E-state index in [0.29, 0.717) is 17.9 Å². The molecule has 0 spiro atoms. The highest BCUT2D eigenvalue weighted by Crippen LogP contribution is 2.65. The average Bonchev–Trinajstić information content (AvgIpc) is 2.85. The number of hydrogen-bond acceptors (Lipinski definition) is 2. The number of carbonyl (C=O) groups is 1. The monoisotopic (exact) mass is 274 g/mol. The van der Waals surface area contributed by atoms with E-state index in [4.69, 9.17) is 27.9 Å². The van der Waals surface area contributed by atoms with Gasteiger partial charge in [-0.1, -0.05) is 35.3 Å². The fourth-order valence-corrected chi connectivity index (χ4v) is 2.74. The first kappa shape index (κ1) is 12.5. The number of hydrogen-bond donors (Lipinski definition) is 1. The van der Waals surface area contributed by atoms with E-state index in [1.54, 1.807) is 24.3 Å². The van der Waals surface area contributed by atoms with E-state index in [-0.39, 0.29) is 6.42 Å². The standard InChI is InChI=1S/C12H12Cl2O3/c1-2-17-9-5-3-8(4-6-9)11(10(15)16)7-12(11,13)14/h3-6H,2,7H2,1H3,(H,15,16)/t11-/m1/s1. The van der Waals surface area contributed by atoms with Gasteiger partial charge in [0.2, 0.25) is 0 Å². The second kappa shape index (κ2) is 4.07. The number of halogens is 2. The fourth-order valence-electron chi connectivity index (χ4n) is 1.96. The lowest BCUT2D eigenvalue weighted by atomic mass is 9.96. The van der Waals surface area contributed by atoms with E-state index in [0.717, 1.165) is 0 Å². The van der Waals surface area contributed by atoms with Gasteiger partial charge in [-0.05, 0) is 24.6 Å². The highest BCUT2D eigenvalue weighted by molar-refractivity contribution is 6.54. The molecule has 1 N–H and O–H groups in total. The number of rotatable bonds is 4. The first-order valence-corrected chi connectivity index (χ1v) is 6.04. The Bertz CT molecular complexity index is 442. The molecule has 92 valence electrons. The Morgan fingerprint density at radius 1 is 1.41 bits per heavy atom. The van der Waals surface area contributed by atoms with E-state index in [1.165, 1.54) is 0 Å².